The van der Waals surface area contributed by atoms with Gasteiger partial charge in [-0.05, 0) is 49.6 Å². The van der Waals surface area contributed by atoms with Gasteiger partial charge in [0.1, 0.15) is 5.82 Å². The van der Waals surface area contributed by atoms with Crippen molar-refractivity contribution >= 4 is 34.4 Å². The summed E-state index contributed by atoms with van der Waals surface area (Å²) in [4.78, 5) is 9.40. The van der Waals surface area contributed by atoms with Crippen molar-refractivity contribution in [3.63, 3.8) is 0 Å². The third-order valence-corrected chi connectivity index (χ3v) is 5.10. The molecule has 2 aromatic carbocycles. The van der Waals surface area contributed by atoms with E-state index in [1.165, 1.54) is 0 Å². The largest absolute Gasteiger partial charge is 0.383 e. The van der Waals surface area contributed by atoms with Gasteiger partial charge in [-0.2, -0.15) is 4.98 Å². The molecular formula is C21H19ClN6. The van der Waals surface area contributed by atoms with Gasteiger partial charge in [0, 0.05) is 16.6 Å². The summed E-state index contributed by atoms with van der Waals surface area (Å²) < 4.78 is 1.73. The van der Waals surface area contributed by atoms with E-state index in [1.54, 1.807) is 4.68 Å². The lowest BCUT2D eigenvalue weighted by molar-refractivity contribution is 0.897. The number of rotatable bonds is 4. The van der Waals surface area contributed by atoms with Crippen molar-refractivity contribution in [2.45, 2.75) is 25.8 Å². The van der Waals surface area contributed by atoms with Crippen molar-refractivity contribution in [3.8, 4) is 16.9 Å². The molecule has 0 spiro atoms. The van der Waals surface area contributed by atoms with Crippen LogP contribution < -0.4 is 11.1 Å². The van der Waals surface area contributed by atoms with Crippen LogP contribution in [0.25, 0.3) is 28.0 Å². The number of nitrogens with one attached hydrogen (secondary N) is 1. The number of benzene rings is 2. The highest BCUT2D eigenvalue weighted by molar-refractivity contribution is 6.30. The lowest BCUT2D eigenvalue weighted by Gasteiger charge is -2.08. The molecule has 0 radical (unpaired) electrons. The number of nitrogens with two attached hydrogens (primary N) is 1. The number of aryl methyl sites for hydroxylation is 1. The SMILES string of the molecule is Cc1cccc(-n2nc3nc(NC4CC4)nc(-c4ccc(Cl)cc4)c3c2N)c1. The highest BCUT2D eigenvalue weighted by Gasteiger charge is 2.24. The summed E-state index contributed by atoms with van der Waals surface area (Å²) in [7, 11) is 0. The predicted octanol–water partition coefficient (Wildman–Crippen LogP) is 4.60. The van der Waals surface area contributed by atoms with Crippen LogP contribution in [-0.4, -0.2) is 25.8 Å². The van der Waals surface area contributed by atoms with Crippen LogP contribution in [0.2, 0.25) is 5.02 Å². The van der Waals surface area contributed by atoms with Gasteiger partial charge in [0.05, 0.1) is 16.8 Å². The van der Waals surface area contributed by atoms with E-state index in [1.807, 2.05) is 55.5 Å². The van der Waals surface area contributed by atoms with Crippen molar-refractivity contribution in [1.29, 1.82) is 0 Å². The van der Waals surface area contributed by atoms with E-state index < -0.39 is 0 Å². The molecule has 28 heavy (non-hydrogen) atoms. The van der Waals surface area contributed by atoms with E-state index in [9.17, 15) is 0 Å². The molecule has 0 atom stereocenters. The number of fused-ring (bicyclic) bond motifs is 1. The molecule has 1 saturated carbocycles. The van der Waals surface area contributed by atoms with Gasteiger partial charge in [-0.15, -0.1) is 5.10 Å². The molecule has 0 bridgehead atoms. The van der Waals surface area contributed by atoms with Gasteiger partial charge in [0.25, 0.3) is 0 Å². The molecule has 2 aromatic heterocycles. The zero-order valence-corrected chi connectivity index (χ0v) is 16.1. The summed E-state index contributed by atoms with van der Waals surface area (Å²) in [6.07, 6.45) is 2.27. The van der Waals surface area contributed by atoms with Crippen LogP contribution >= 0.6 is 11.6 Å². The minimum absolute atomic E-state index is 0.437. The Morgan fingerprint density at radius 1 is 1.11 bits per heavy atom. The van der Waals surface area contributed by atoms with Crippen LogP contribution in [0.15, 0.2) is 48.5 Å². The highest BCUT2D eigenvalue weighted by atomic mass is 35.5. The summed E-state index contributed by atoms with van der Waals surface area (Å²) in [5.74, 6) is 1.09. The van der Waals surface area contributed by atoms with Crippen LogP contribution in [0.3, 0.4) is 0 Å². The topological polar surface area (TPSA) is 81.7 Å². The molecule has 1 fully saturated rings. The lowest BCUT2D eigenvalue weighted by atomic mass is 10.1. The fourth-order valence-corrected chi connectivity index (χ4v) is 3.39. The molecule has 1 aliphatic carbocycles. The molecule has 5 rings (SSSR count). The van der Waals surface area contributed by atoms with E-state index in [-0.39, 0.29) is 0 Å². The van der Waals surface area contributed by atoms with Gasteiger partial charge in [0.2, 0.25) is 5.95 Å². The molecule has 7 heteroatoms. The Kier molecular flexibility index (Phi) is 3.94. The molecule has 4 aromatic rings. The third kappa shape index (κ3) is 3.05. The second-order valence-electron chi connectivity index (χ2n) is 7.16. The molecular weight excluding hydrogens is 372 g/mol. The molecule has 1 aliphatic rings. The molecule has 6 nitrogen and oxygen atoms in total. The Bertz CT molecular complexity index is 1180. The number of anilines is 2. The van der Waals surface area contributed by atoms with Crippen LogP contribution in [0.4, 0.5) is 11.8 Å². The number of nitrogens with zero attached hydrogens (tertiary/aromatic N) is 4. The first kappa shape index (κ1) is 17.0. The Morgan fingerprint density at radius 3 is 2.61 bits per heavy atom. The number of halogens is 1. The number of hydrogen-bond donors (Lipinski definition) is 2. The Balaban J connectivity index is 1.74. The van der Waals surface area contributed by atoms with Crippen LogP contribution in [-0.2, 0) is 0 Å². The number of nitrogen functional groups attached to an aromatic ring is 1. The predicted molar refractivity (Wildman–Crippen MR) is 113 cm³/mol. The fourth-order valence-electron chi connectivity index (χ4n) is 3.26. The lowest BCUT2D eigenvalue weighted by Crippen LogP contribution is -2.06. The monoisotopic (exact) mass is 390 g/mol. The number of hydrogen-bond acceptors (Lipinski definition) is 5. The quantitative estimate of drug-likeness (QED) is 0.532. The van der Waals surface area contributed by atoms with Crippen LogP contribution in [0.1, 0.15) is 18.4 Å². The standard InChI is InChI=1S/C21H19ClN6/c1-12-3-2-4-16(11-12)28-19(23)17-18(13-5-7-14(22)8-6-13)25-21(24-15-9-10-15)26-20(17)27-28/h2-8,11,15H,9-10,23H2,1H3,(H,24,26,27). The number of aromatic nitrogens is 4. The van der Waals surface area contributed by atoms with Gasteiger partial charge < -0.3 is 11.1 Å². The van der Waals surface area contributed by atoms with Gasteiger partial charge in [0.15, 0.2) is 5.65 Å². The molecule has 0 aliphatic heterocycles. The highest BCUT2D eigenvalue weighted by Crippen LogP contribution is 2.34. The zero-order valence-electron chi connectivity index (χ0n) is 15.4. The molecule has 0 unspecified atom stereocenters. The van der Waals surface area contributed by atoms with E-state index in [0.29, 0.717) is 28.5 Å². The van der Waals surface area contributed by atoms with Crippen molar-refractivity contribution in [3.05, 3.63) is 59.1 Å². The summed E-state index contributed by atoms with van der Waals surface area (Å²) in [6, 6.07) is 16.1. The van der Waals surface area contributed by atoms with E-state index in [4.69, 9.17) is 27.4 Å². The summed E-state index contributed by atoms with van der Waals surface area (Å²) in [6.45, 7) is 2.04. The molecule has 0 saturated heterocycles. The van der Waals surface area contributed by atoms with Crippen molar-refractivity contribution in [2.24, 2.45) is 0 Å². The smallest absolute Gasteiger partial charge is 0.225 e. The minimum atomic E-state index is 0.437. The first-order valence-corrected chi connectivity index (χ1v) is 9.62. The average Bonchev–Trinajstić information content (AvgIpc) is 3.43. The van der Waals surface area contributed by atoms with Crippen LogP contribution in [0.5, 0.6) is 0 Å². The van der Waals surface area contributed by atoms with Gasteiger partial charge >= 0.3 is 0 Å². The first-order chi connectivity index (χ1) is 13.6. The maximum atomic E-state index is 6.53. The Labute approximate surface area is 167 Å². The molecule has 2 heterocycles. The van der Waals surface area contributed by atoms with E-state index >= 15 is 0 Å². The van der Waals surface area contributed by atoms with Gasteiger partial charge in [-0.25, -0.2) is 9.67 Å². The van der Waals surface area contributed by atoms with Crippen LogP contribution in [0, 0.1) is 6.92 Å². The second kappa shape index (κ2) is 6.49. The maximum absolute atomic E-state index is 6.53. The van der Waals surface area contributed by atoms with Crippen molar-refractivity contribution in [1.82, 2.24) is 19.7 Å². The minimum Gasteiger partial charge on any atom is -0.383 e. The third-order valence-electron chi connectivity index (χ3n) is 4.84. The van der Waals surface area contributed by atoms with Crippen molar-refractivity contribution in [2.75, 3.05) is 11.1 Å². The molecule has 3 N–H and O–H groups in total. The second-order valence-corrected chi connectivity index (χ2v) is 7.59. The van der Waals surface area contributed by atoms with E-state index in [2.05, 4.69) is 10.3 Å². The maximum Gasteiger partial charge on any atom is 0.225 e. The van der Waals surface area contributed by atoms with Gasteiger partial charge in [-0.3, -0.25) is 0 Å². The first-order valence-electron chi connectivity index (χ1n) is 9.24. The fraction of sp³-hybridized carbons (Fsp3) is 0.190. The summed E-state index contributed by atoms with van der Waals surface area (Å²) in [5, 5.41) is 9.47. The summed E-state index contributed by atoms with van der Waals surface area (Å²) >= 11 is 6.07. The normalized spacial score (nSPS) is 13.8. The molecule has 0 amide bonds. The molecule has 140 valence electrons. The average molecular weight is 391 g/mol. The summed E-state index contributed by atoms with van der Waals surface area (Å²) in [5.41, 5.74) is 10.8. The van der Waals surface area contributed by atoms with E-state index in [0.717, 1.165) is 40.7 Å². The zero-order chi connectivity index (χ0) is 19.3. The van der Waals surface area contributed by atoms with Gasteiger partial charge in [-0.1, -0.05) is 35.9 Å². The Hall–Kier alpha value is -3.12. The Morgan fingerprint density at radius 2 is 1.89 bits per heavy atom. The van der Waals surface area contributed by atoms with Crippen molar-refractivity contribution < 1.29 is 0 Å².